The highest BCUT2D eigenvalue weighted by atomic mass is 16.4. The molecule has 0 aromatic carbocycles. The number of hydrogen-bond acceptors (Lipinski definition) is 4. The van der Waals surface area contributed by atoms with Crippen molar-refractivity contribution < 1.29 is 19.3 Å². The molecule has 2 N–H and O–H groups in total. The molecule has 0 spiro atoms. The molecular formula is C15H26BN2O4. The van der Waals surface area contributed by atoms with E-state index in [0.717, 1.165) is 0 Å². The molecule has 7 heteroatoms. The number of fused-ring (bicyclic) bond motifs is 1. The molecular weight excluding hydrogens is 283 g/mol. The zero-order valence-electron chi connectivity index (χ0n) is 14.2. The largest absolute Gasteiger partial charge is 0.480 e. The van der Waals surface area contributed by atoms with Crippen molar-refractivity contribution >= 4 is 19.5 Å². The predicted molar refractivity (Wildman–Crippen MR) is 83.0 cm³/mol. The highest BCUT2D eigenvalue weighted by molar-refractivity contribution is 6.24. The van der Waals surface area contributed by atoms with E-state index in [-0.39, 0.29) is 28.6 Å². The van der Waals surface area contributed by atoms with Crippen molar-refractivity contribution in [1.29, 1.82) is 0 Å². The van der Waals surface area contributed by atoms with Gasteiger partial charge >= 0.3 is 13.6 Å². The Bertz CT molecular complexity index is 475. The van der Waals surface area contributed by atoms with Gasteiger partial charge in [0, 0.05) is 19.6 Å². The number of rotatable bonds is 5. The molecule has 22 heavy (non-hydrogen) atoms. The highest BCUT2D eigenvalue weighted by Gasteiger charge is 2.69. The Hall–Kier alpha value is -1.08. The molecule has 0 aromatic heterocycles. The number of carboxylic acids is 1. The van der Waals surface area contributed by atoms with Gasteiger partial charge in [0.05, 0.1) is 6.04 Å². The number of amides is 1. The number of nitrogens with zero attached hydrogens (tertiary/aromatic N) is 1. The molecule has 2 fully saturated rings. The molecule has 2 aliphatic rings. The quantitative estimate of drug-likeness (QED) is 0.732. The number of aliphatic carboxylic acids is 1. The van der Waals surface area contributed by atoms with Gasteiger partial charge in [-0.1, -0.05) is 34.6 Å². The molecule has 0 unspecified atom stereocenters. The molecule has 6 nitrogen and oxygen atoms in total. The Morgan fingerprint density at radius 3 is 2.45 bits per heavy atom. The maximum Gasteiger partial charge on any atom is 0.396 e. The second-order valence-electron chi connectivity index (χ2n) is 8.05. The molecule has 1 heterocycles. The lowest BCUT2D eigenvalue weighted by atomic mass is 9.83. The van der Waals surface area contributed by atoms with E-state index in [0.29, 0.717) is 6.54 Å². The van der Waals surface area contributed by atoms with Crippen molar-refractivity contribution in [2.75, 3.05) is 13.7 Å². The molecule has 1 aliphatic heterocycles. The van der Waals surface area contributed by atoms with E-state index in [2.05, 4.69) is 19.1 Å². The SMILES string of the molecule is CO[B]N[C@H](C(=O)N1C[C@H]2[C@@H]([C@H]1C(=O)O)C2(C)C)C(C)(C)C. The van der Waals surface area contributed by atoms with Crippen molar-refractivity contribution in [2.24, 2.45) is 22.7 Å². The van der Waals surface area contributed by atoms with Crippen LogP contribution >= 0.6 is 0 Å². The van der Waals surface area contributed by atoms with Crippen LogP contribution in [0.5, 0.6) is 0 Å². The molecule has 123 valence electrons. The van der Waals surface area contributed by atoms with Crippen LogP contribution in [-0.4, -0.2) is 55.2 Å². The van der Waals surface area contributed by atoms with Gasteiger partial charge in [0.15, 0.2) is 0 Å². The Kier molecular flexibility index (Phi) is 4.34. The topological polar surface area (TPSA) is 78.9 Å². The number of piperidine rings is 1. The average Bonchev–Trinajstić information content (AvgIpc) is 2.75. The van der Waals surface area contributed by atoms with Gasteiger partial charge in [0.25, 0.3) is 0 Å². The molecule has 1 radical (unpaired) electrons. The third-order valence-electron chi connectivity index (χ3n) is 5.21. The minimum absolute atomic E-state index is 0.0170. The Morgan fingerprint density at radius 2 is 2.00 bits per heavy atom. The van der Waals surface area contributed by atoms with Gasteiger partial charge in [0.2, 0.25) is 5.91 Å². The summed E-state index contributed by atoms with van der Waals surface area (Å²) in [4.78, 5) is 26.1. The maximum absolute atomic E-state index is 12.9. The van der Waals surface area contributed by atoms with E-state index < -0.39 is 18.1 Å². The smallest absolute Gasteiger partial charge is 0.396 e. The Labute approximate surface area is 132 Å². The summed E-state index contributed by atoms with van der Waals surface area (Å²) in [5, 5.41) is 12.5. The fourth-order valence-corrected chi connectivity index (χ4v) is 3.79. The summed E-state index contributed by atoms with van der Waals surface area (Å²) in [5.74, 6) is -0.739. The van der Waals surface area contributed by atoms with Crippen LogP contribution < -0.4 is 5.23 Å². The van der Waals surface area contributed by atoms with E-state index in [9.17, 15) is 14.7 Å². The minimum atomic E-state index is -0.908. The third-order valence-corrected chi connectivity index (χ3v) is 5.21. The molecule has 1 saturated carbocycles. The lowest BCUT2D eigenvalue weighted by Gasteiger charge is -2.36. The summed E-state index contributed by atoms with van der Waals surface area (Å²) >= 11 is 0. The van der Waals surface area contributed by atoms with Crippen LogP contribution in [0.25, 0.3) is 0 Å². The highest BCUT2D eigenvalue weighted by Crippen LogP contribution is 2.64. The molecule has 4 atom stereocenters. The van der Waals surface area contributed by atoms with Gasteiger partial charge in [-0.3, -0.25) is 4.79 Å². The van der Waals surface area contributed by atoms with Crippen LogP contribution in [0.4, 0.5) is 0 Å². The average molecular weight is 309 g/mol. The van der Waals surface area contributed by atoms with Crippen molar-refractivity contribution in [3.63, 3.8) is 0 Å². The van der Waals surface area contributed by atoms with E-state index >= 15 is 0 Å². The van der Waals surface area contributed by atoms with Gasteiger partial charge < -0.3 is 19.9 Å². The van der Waals surface area contributed by atoms with Gasteiger partial charge in [-0.15, -0.1) is 0 Å². The number of nitrogens with one attached hydrogen (secondary N) is 1. The molecule has 2 rings (SSSR count). The summed E-state index contributed by atoms with van der Waals surface area (Å²) in [6, 6.07) is -1.24. The fraction of sp³-hybridized carbons (Fsp3) is 0.867. The summed E-state index contributed by atoms with van der Waals surface area (Å²) in [5.41, 5.74) is -0.333. The first-order valence-electron chi connectivity index (χ1n) is 7.67. The van der Waals surface area contributed by atoms with Crippen molar-refractivity contribution in [3.05, 3.63) is 0 Å². The molecule has 0 aromatic rings. The number of likely N-dealkylation sites (tertiary alicyclic amines) is 1. The second-order valence-corrected chi connectivity index (χ2v) is 8.05. The number of carboxylic acid groups (broad SMARTS) is 1. The first-order chi connectivity index (χ1) is 10.0. The van der Waals surface area contributed by atoms with Gasteiger partial charge in [-0.25, -0.2) is 4.79 Å². The Balaban J connectivity index is 2.19. The van der Waals surface area contributed by atoms with E-state index in [1.807, 2.05) is 20.8 Å². The normalized spacial score (nSPS) is 30.6. The van der Waals surface area contributed by atoms with E-state index in [1.165, 1.54) is 19.6 Å². The summed E-state index contributed by atoms with van der Waals surface area (Å²) in [6.45, 7) is 10.5. The summed E-state index contributed by atoms with van der Waals surface area (Å²) in [7, 11) is 2.88. The zero-order valence-corrected chi connectivity index (χ0v) is 14.2. The second kappa shape index (κ2) is 5.53. The minimum Gasteiger partial charge on any atom is -0.480 e. The summed E-state index contributed by atoms with van der Waals surface area (Å²) in [6.07, 6.45) is 0. The zero-order chi connectivity index (χ0) is 16.9. The van der Waals surface area contributed by atoms with Crippen LogP contribution in [-0.2, 0) is 14.2 Å². The van der Waals surface area contributed by atoms with Crippen LogP contribution in [0.15, 0.2) is 0 Å². The lowest BCUT2D eigenvalue weighted by molar-refractivity contribution is -0.152. The number of carbonyl (C=O) groups is 2. The number of carbonyl (C=O) groups excluding carboxylic acids is 1. The molecule has 1 amide bonds. The van der Waals surface area contributed by atoms with Crippen LogP contribution in [0.1, 0.15) is 34.6 Å². The summed E-state index contributed by atoms with van der Waals surface area (Å²) < 4.78 is 4.89. The van der Waals surface area contributed by atoms with Gasteiger partial charge in [-0.2, -0.15) is 0 Å². The lowest BCUT2D eigenvalue weighted by Crippen LogP contribution is -2.57. The van der Waals surface area contributed by atoms with Crippen molar-refractivity contribution in [1.82, 2.24) is 10.1 Å². The maximum atomic E-state index is 12.9. The van der Waals surface area contributed by atoms with Crippen LogP contribution in [0.3, 0.4) is 0 Å². The molecule has 1 aliphatic carbocycles. The van der Waals surface area contributed by atoms with Crippen LogP contribution in [0.2, 0.25) is 0 Å². The fourth-order valence-electron chi connectivity index (χ4n) is 3.79. The monoisotopic (exact) mass is 309 g/mol. The molecule has 1 saturated heterocycles. The Morgan fingerprint density at radius 1 is 1.41 bits per heavy atom. The standard InChI is InChI=1S/C15H26BN2O4/c1-14(2,3)11(17-16-22-6)12(19)18-7-8-9(15(8,4)5)10(18)13(20)21/h8-11,17H,7H2,1-6H3,(H,20,21)/t8-,9-,10-,11+/m0/s1. The van der Waals surface area contributed by atoms with Crippen molar-refractivity contribution in [2.45, 2.75) is 46.7 Å². The van der Waals surface area contributed by atoms with Gasteiger partial charge in [0.1, 0.15) is 6.04 Å². The number of hydrogen-bond donors (Lipinski definition) is 2. The predicted octanol–water partition coefficient (Wildman–Crippen LogP) is 0.739. The van der Waals surface area contributed by atoms with Crippen LogP contribution in [0, 0.1) is 22.7 Å². The first-order valence-corrected chi connectivity index (χ1v) is 7.67. The first kappa shape index (κ1) is 17.3. The van der Waals surface area contributed by atoms with Gasteiger partial charge in [-0.05, 0) is 16.7 Å². The van der Waals surface area contributed by atoms with Crippen molar-refractivity contribution in [3.8, 4) is 0 Å². The van der Waals surface area contributed by atoms with E-state index in [1.54, 1.807) is 0 Å². The molecule has 0 bridgehead atoms. The van der Waals surface area contributed by atoms with E-state index in [4.69, 9.17) is 4.65 Å². The third kappa shape index (κ3) is 2.76.